The molecular formula is C5H11N2S. The zero-order chi connectivity index (χ0) is 5.82. The summed E-state index contributed by atoms with van der Waals surface area (Å²) in [5.74, 6) is 0. The monoisotopic (exact) mass is 131 g/mol. The van der Waals surface area contributed by atoms with E-state index in [0.717, 1.165) is 26.2 Å². The second kappa shape index (κ2) is 3.33. The lowest BCUT2D eigenvalue weighted by atomic mass is 10.4. The van der Waals surface area contributed by atoms with Gasteiger partial charge in [0, 0.05) is 26.2 Å². The summed E-state index contributed by atoms with van der Waals surface area (Å²) >= 11 is 1.82. The van der Waals surface area contributed by atoms with Crippen LogP contribution < -0.4 is 5.32 Å². The lowest BCUT2D eigenvalue weighted by Crippen LogP contribution is -2.35. The van der Waals surface area contributed by atoms with Crippen molar-refractivity contribution >= 4 is 11.9 Å². The van der Waals surface area contributed by atoms with E-state index in [-0.39, 0.29) is 0 Å². The van der Waals surface area contributed by atoms with Crippen molar-refractivity contribution in [3.63, 3.8) is 0 Å². The summed E-state index contributed by atoms with van der Waals surface area (Å²) in [4.78, 5) is 0. The second-order valence-corrected chi connectivity index (χ2v) is 2.66. The first kappa shape index (κ1) is 6.39. The number of nitrogens with zero attached hydrogens (tertiary/aromatic N) is 2. The van der Waals surface area contributed by atoms with Gasteiger partial charge < -0.3 is 0 Å². The van der Waals surface area contributed by atoms with Gasteiger partial charge >= 0.3 is 0 Å². The molecule has 0 saturated carbocycles. The number of hydrogen-bond acceptors (Lipinski definition) is 2. The predicted molar refractivity (Wildman–Crippen MR) is 37.0 cm³/mol. The molecule has 2 nitrogen and oxygen atoms in total. The van der Waals surface area contributed by atoms with Crippen molar-refractivity contribution in [3.8, 4) is 0 Å². The van der Waals surface area contributed by atoms with Crippen LogP contribution in [0.4, 0.5) is 0 Å². The van der Waals surface area contributed by atoms with Crippen LogP contribution in [-0.4, -0.2) is 36.7 Å². The minimum absolute atomic E-state index is 1.03. The van der Waals surface area contributed by atoms with Gasteiger partial charge in [0.15, 0.2) is 0 Å². The molecule has 0 atom stereocenters. The maximum Gasteiger partial charge on any atom is 0.0271 e. The average Bonchev–Trinajstić information content (AvgIpc) is 1.90. The molecule has 0 N–H and O–H groups in total. The maximum atomic E-state index is 4.22. The highest BCUT2D eigenvalue weighted by molar-refractivity contribution is 7.96. The molecule has 1 fully saturated rings. The van der Waals surface area contributed by atoms with E-state index in [1.807, 2.05) is 11.9 Å². The molecule has 3 heteroatoms. The zero-order valence-electron chi connectivity index (χ0n) is 5.13. The van der Waals surface area contributed by atoms with Crippen LogP contribution in [0.3, 0.4) is 0 Å². The molecule has 0 aromatic rings. The fourth-order valence-electron chi connectivity index (χ4n) is 0.771. The molecule has 0 spiro atoms. The minimum Gasteiger partial charge on any atom is -0.248 e. The van der Waals surface area contributed by atoms with Gasteiger partial charge in [-0.25, -0.2) is 9.62 Å². The quantitative estimate of drug-likeness (QED) is 0.472. The molecule has 0 bridgehead atoms. The Morgan fingerprint density at radius 1 is 1.38 bits per heavy atom. The highest BCUT2D eigenvalue weighted by atomic mass is 32.2. The Labute approximate surface area is 54.8 Å². The Morgan fingerprint density at radius 3 is 2.38 bits per heavy atom. The topological polar surface area (TPSA) is 17.3 Å². The van der Waals surface area contributed by atoms with E-state index in [0.29, 0.717) is 0 Å². The summed E-state index contributed by atoms with van der Waals surface area (Å²) < 4.78 is 2.34. The third-order valence-corrected chi connectivity index (χ3v) is 2.15. The zero-order valence-corrected chi connectivity index (χ0v) is 5.95. The molecule has 0 aromatic heterocycles. The molecule has 0 unspecified atom stereocenters. The molecule has 8 heavy (non-hydrogen) atoms. The van der Waals surface area contributed by atoms with E-state index < -0.39 is 0 Å². The fraction of sp³-hybridized carbons (Fsp3) is 1.00. The number of piperazine rings is 1. The lowest BCUT2D eigenvalue weighted by molar-refractivity contribution is 0.392. The Morgan fingerprint density at radius 2 is 2.00 bits per heavy atom. The molecule has 0 amide bonds. The van der Waals surface area contributed by atoms with Crippen LogP contribution in [0.25, 0.3) is 0 Å². The van der Waals surface area contributed by atoms with Crippen LogP contribution in [0.15, 0.2) is 0 Å². The average molecular weight is 131 g/mol. The van der Waals surface area contributed by atoms with E-state index in [2.05, 4.69) is 15.9 Å². The highest BCUT2D eigenvalue weighted by Crippen LogP contribution is 2.04. The van der Waals surface area contributed by atoms with Gasteiger partial charge in [-0.1, -0.05) is 11.9 Å². The molecule has 1 heterocycles. The van der Waals surface area contributed by atoms with Crippen LogP contribution in [0.2, 0.25) is 0 Å². The molecule has 0 aromatic carbocycles. The maximum absolute atomic E-state index is 4.22. The van der Waals surface area contributed by atoms with Crippen molar-refractivity contribution in [3.05, 3.63) is 0 Å². The number of rotatable bonds is 1. The van der Waals surface area contributed by atoms with Gasteiger partial charge in [0.1, 0.15) is 0 Å². The Balaban J connectivity index is 2.13. The summed E-state index contributed by atoms with van der Waals surface area (Å²) in [6, 6.07) is 0. The van der Waals surface area contributed by atoms with Gasteiger partial charge in [0.2, 0.25) is 0 Å². The molecule has 1 rings (SSSR count). The SMILES string of the molecule is CSN1CC[N]CC1. The van der Waals surface area contributed by atoms with Crippen molar-refractivity contribution in [2.75, 3.05) is 32.4 Å². The molecule has 1 aliphatic rings. The van der Waals surface area contributed by atoms with E-state index in [1.54, 1.807) is 0 Å². The Kier molecular flexibility index (Phi) is 2.66. The van der Waals surface area contributed by atoms with E-state index >= 15 is 0 Å². The first-order chi connectivity index (χ1) is 3.93. The fourth-order valence-corrected chi connectivity index (χ4v) is 1.30. The summed E-state index contributed by atoms with van der Waals surface area (Å²) in [5, 5.41) is 4.22. The Hall–Kier alpha value is 0.270. The van der Waals surface area contributed by atoms with Crippen molar-refractivity contribution in [2.24, 2.45) is 0 Å². The van der Waals surface area contributed by atoms with Crippen molar-refractivity contribution in [1.82, 2.24) is 9.62 Å². The normalized spacial score (nSPS) is 23.6. The molecule has 47 valence electrons. The molecule has 1 aliphatic heterocycles. The smallest absolute Gasteiger partial charge is 0.0271 e. The Bertz CT molecular complexity index is 61.4. The first-order valence-corrected chi connectivity index (χ1v) is 4.04. The van der Waals surface area contributed by atoms with Crippen molar-refractivity contribution < 1.29 is 0 Å². The van der Waals surface area contributed by atoms with Crippen molar-refractivity contribution in [1.29, 1.82) is 0 Å². The van der Waals surface area contributed by atoms with Gasteiger partial charge in [-0.3, -0.25) is 0 Å². The van der Waals surface area contributed by atoms with Gasteiger partial charge in [-0.05, 0) is 6.26 Å². The van der Waals surface area contributed by atoms with E-state index in [9.17, 15) is 0 Å². The first-order valence-electron chi connectivity index (χ1n) is 2.86. The summed E-state index contributed by atoms with van der Waals surface area (Å²) in [6.07, 6.45) is 2.12. The van der Waals surface area contributed by atoms with Crippen molar-refractivity contribution in [2.45, 2.75) is 0 Å². The summed E-state index contributed by atoms with van der Waals surface area (Å²) in [6.45, 7) is 4.34. The van der Waals surface area contributed by atoms with Gasteiger partial charge in [-0.2, -0.15) is 0 Å². The van der Waals surface area contributed by atoms with Gasteiger partial charge in [0.25, 0.3) is 0 Å². The molecule has 1 radical (unpaired) electrons. The molecular weight excluding hydrogens is 120 g/mol. The van der Waals surface area contributed by atoms with Crippen LogP contribution in [0, 0.1) is 0 Å². The molecule has 0 aliphatic carbocycles. The minimum atomic E-state index is 1.03. The van der Waals surface area contributed by atoms with Crippen LogP contribution >= 0.6 is 11.9 Å². The highest BCUT2D eigenvalue weighted by Gasteiger charge is 2.06. The summed E-state index contributed by atoms with van der Waals surface area (Å²) in [7, 11) is 0. The van der Waals surface area contributed by atoms with E-state index in [4.69, 9.17) is 0 Å². The van der Waals surface area contributed by atoms with Gasteiger partial charge in [0.05, 0.1) is 0 Å². The van der Waals surface area contributed by atoms with Crippen LogP contribution in [-0.2, 0) is 0 Å². The van der Waals surface area contributed by atoms with Crippen LogP contribution in [0.1, 0.15) is 0 Å². The molecule has 1 saturated heterocycles. The lowest BCUT2D eigenvalue weighted by Gasteiger charge is -2.22. The van der Waals surface area contributed by atoms with E-state index in [1.165, 1.54) is 0 Å². The summed E-state index contributed by atoms with van der Waals surface area (Å²) in [5.41, 5.74) is 0. The third-order valence-electron chi connectivity index (χ3n) is 1.27. The van der Waals surface area contributed by atoms with Crippen LogP contribution in [0.5, 0.6) is 0 Å². The number of hydrogen-bond donors (Lipinski definition) is 0. The second-order valence-electron chi connectivity index (χ2n) is 1.78. The predicted octanol–water partition coefficient (Wildman–Crippen LogP) is 0.184. The standard InChI is InChI=1S/C5H11N2S/c1-8-7-4-2-6-3-5-7/h2-5H2,1H3. The largest absolute Gasteiger partial charge is 0.248 e. The van der Waals surface area contributed by atoms with Gasteiger partial charge in [-0.15, -0.1) is 0 Å². The third kappa shape index (κ3) is 1.65.